The minimum absolute atomic E-state index is 0.110. The number of ether oxygens (including phenoxy) is 1. The average molecular weight is 214 g/mol. The highest BCUT2D eigenvalue weighted by Gasteiger charge is 2.16. The molecule has 0 aromatic carbocycles. The molecule has 0 unspecified atom stereocenters. The predicted octanol–water partition coefficient (Wildman–Crippen LogP) is 0.623. The van der Waals surface area contributed by atoms with Gasteiger partial charge >= 0.3 is 0 Å². The summed E-state index contributed by atoms with van der Waals surface area (Å²) in [5.41, 5.74) is 0. The normalized spacial score (nSPS) is 17.7. The Labute approximate surface area is 92.0 Å². The number of nitrogens with zero attached hydrogens (tertiary/aromatic N) is 1. The van der Waals surface area contributed by atoms with E-state index in [0.29, 0.717) is 0 Å². The van der Waals surface area contributed by atoms with E-state index in [9.17, 15) is 4.79 Å². The fraction of sp³-hybridized carbons (Fsp3) is 0.909. The molecular weight excluding hydrogens is 192 g/mol. The zero-order valence-electron chi connectivity index (χ0n) is 9.79. The maximum absolute atomic E-state index is 11.6. The number of likely N-dealkylation sites (N-methyl/N-ethyl adjacent to an activating group) is 1. The molecule has 0 atom stereocenters. The Kier molecular flexibility index (Phi) is 5.65. The van der Waals surface area contributed by atoms with Gasteiger partial charge in [0.05, 0.1) is 6.10 Å². The minimum Gasteiger partial charge on any atom is -0.368 e. The SMILES string of the molecule is CCN(CC)C(=O)COC1CCNCC1. The lowest BCUT2D eigenvalue weighted by atomic mass is 10.1. The van der Waals surface area contributed by atoms with Gasteiger partial charge in [0.2, 0.25) is 5.91 Å². The van der Waals surface area contributed by atoms with Gasteiger partial charge < -0.3 is 15.0 Å². The van der Waals surface area contributed by atoms with E-state index >= 15 is 0 Å². The van der Waals surface area contributed by atoms with E-state index in [0.717, 1.165) is 39.0 Å². The third kappa shape index (κ3) is 4.18. The molecule has 0 spiro atoms. The van der Waals surface area contributed by atoms with Gasteiger partial charge in [-0.3, -0.25) is 4.79 Å². The number of rotatable bonds is 5. The van der Waals surface area contributed by atoms with Crippen molar-refractivity contribution in [2.24, 2.45) is 0 Å². The Morgan fingerprint density at radius 3 is 2.47 bits per heavy atom. The van der Waals surface area contributed by atoms with Crippen LogP contribution in [0.2, 0.25) is 0 Å². The standard InChI is InChI=1S/C11H22N2O2/c1-3-13(4-2)11(14)9-15-10-5-7-12-8-6-10/h10,12H,3-9H2,1-2H3. The Morgan fingerprint density at radius 2 is 1.93 bits per heavy atom. The van der Waals surface area contributed by atoms with E-state index in [1.807, 2.05) is 13.8 Å². The van der Waals surface area contributed by atoms with E-state index in [4.69, 9.17) is 4.74 Å². The topological polar surface area (TPSA) is 41.6 Å². The fourth-order valence-corrected chi connectivity index (χ4v) is 1.82. The van der Waals surface area contributed by atoms with Crippen molar-refractivity contribution in [3.8, 4) is 0 Å². The lowest BCUT2D eigenvalue weighted by Crippen LogP contribution is -2.37. The van der Waals surface area contributed by atoms with Crippen molar-refractivity contribution in [2.45, 2.75) is 32.8 Å². The maximum atomic E-state index is 11.6. The number of carbonyl (C=O) groups is 1. The zero-order valence-corrected chi connectivity index (χ0v) is 9.79. The number of hydrogen-bond donors (Lipinski definition) is 1. The van der Waals surface area contributed by atoms with E-state index in [2.05, 4.69) is 5.32 Å². The Hall–Kier alpha value is -0.610. The van der Waals surface area contributed by atoms with Gasteiger partial charge in [0.25, 0.3) is 0 Å². The van der Waals surface area contributed by atoms with Gasteiger partial charge in [-0.25, -0.2) is 0 Å². The largest absolute Gasteiger partial charge is 0.368 e. The van der Waals surface area contributed by atoms with E-state index in [1.165, 1.54) is 0 Å². The lowest BCUT2D eigenvalue weighted by molar-refractivity contribution is -0.138. The molecule has 1 amide bonds. The molecule has 88 valence electrons. The molecule has 0 radical (unpaired) electrons. The molecule has 1 aliphatic rings. The summed E-state index contributed by atoms with van der Waals surface area (Å²) in [6, 6.07) is 0. The van der Waals surface area contributed by atoms with Crippen LogP contribution < -0.4 is 5.32 Å². The van der Waals surface area contributed by atoms with Crippen molar-refractivity contribution in [2.75, 3.05) is 32.8 Å². The molecule has 1 heterocycles. The molecule has 0 aliphatic carbocycles. The highest BCUT2D eigenvalue weighted by atomic mass is 16.5. The van der Waals surface area contributed by atoms with Crippen molar-refractivity contribution in [1.82, 2.24) is 10.2 Å². The van der Waals surface area contributed by atoms with Crippen LogP contribution in [0.15, 0.2) is 0 Å². The summed E-state index contributed by atoms with van der Waals surface area (Å²) in [6.45, 7) is 7.77. The third-order valence-electron chi connectivity index (χ3n) is 2.84. The quantitative estimate of drug-likeness (QED) is 0.729. The summed E-state index contributed by atoms with van der Waals surface area (Å²) in [5.74, 6) is 0.110. The predicted molar refractivity (Wildman–Crippen MR) is 59.8 cm³/mol. The summed E-state index contributed by atoms with van der Waals surface area (Å²) < 4.78 is 5.60. The molecule has 0 aromatic heterocycles. The fourth-order valence-electron chi connectivity index (χ4n) is 1.82. The van der Waals surface area contributed by atoms with E-state index in [1.54, 1.807) is 4.90 Å². The first kappa shape index (κ1) is 12.5. The van der Waals surface area contributed by atoms with Crippen LogP contribution in [0.1, 0.15) is 26.7 Å². The second kappa shape index (κ2) is 6.80. The summed E-state index contributed by atoms with van der Waals surface area (Å²) in [4.78, 5) is 13.4. The highest BCUT2D eigenvalue weighted by molar-refractivity contribution is 5.77. The second-order valence-corrected chi connectivity index (χ2v) is 3.83. The molecular formula is C11H22N2O2. The van der Waals surface area contributed by atoms with Crippen LogP contribution in [-0.4, -0.2) is 49.7 Å². The van der Waals surface area contributed by atoms with Crippen LogP contribution >= 0.6 is 0 Å². The minimum atomic E-state index is 0.110. The Morgan fingerprint density at radius 1 is 1.33 bits per heavy atom. The van der Waals surface area contributed by atoms with Gasteiger partial charge in [0, 0.05) is 13.1 Å². The maximum Gasteiger partial charge on any atom is 0.248 e. The molecule has 1 aliphatic heterocycles. The molecule has 1 rings (SSSR count). The molecule has 4 heteroatoms. The Bertz CT molecular complexity index is 187. The number of nitrogens with one attached hydrogen (secondary N) is 1. The first-order valence-corrected chi connectivity index (χ1v) is 5.88. The molecule has 0 saturated carbocycles. The summed E-state index contributed by atoms with van der Waals surface area (Å²) >= 11 is 0. The second-order valence-electron chi connectivity index (χ2n) is 3.83. The number of hydrogen-bond acceptors (Lipinski definition) is 3. The molecule has 1 saturated heterocycles. The van der Waals surface area contributed by atoms with E-state index < -0.39 is 0 Å². The van der Waals surface area contributed by atoms with Crippen LogP contribution in [0.4, 0.5) is 0 Å². The van der Waals surface area contributed by atoms with Crippen molar-refractivity contribution >= 4 is 5.91 Å². The monoisotopic (exact) mass is 214 g/mol. The van der Waals surface area contributed by atoms with Crippen molar-refractivity contribution < 1.29 is 9.53 Å². The Balaban J connectivity index is 2.20. The van der Waals surface area contributed by atoms with E-state index in [-0.39, 0.29) is 18.6 Å². The molecule has 1 fully saturated rings. The number of amides is 1. The van der Waals surface area contributed by atoms with Gasteiger partial charge in [0.15, 0.2) is 0 Å². The molecule has 1 N–H and O–H groups in total. The van der Waals surface area contributed by atoms with Gasteiger partial charge in [-0.05, 0) is 39.8 Å². The number of piperidine rings is 1. The third-order valence-corrected chi connectivity index (χ3v) is 2.84. The van der Waals surface area contributed by atoms with Gasteiger partial charge in [-0.1, -0.05) is 0 Å². The molecule has 0 bridgehead atoms. The summed E-state index contributed by atoms with van der Waals surface area (Å²) in [6.07, 6.45) is 2.31. The van der Waals surface area contributed by atoms with Crippen molar-refractivity contribution in [3.05, 3.63) is 0 Å². The zero-order chi connectivity index (χ0) is 11.1. The lowest BCUT2D eigenvalue weighted by Gasteiger charge is -2.24. The average Bonchev–Trinajstić information content (AvgIpc) is 2.29. The summed E-state index contributed by atoms with van der Waals surface area (Å²) in [5, 5.41) is 3.27. The van der Waals surface area contributed by atoms with Gasteiger partial charge in [0.1, 0.15) is 6.61 Å². The van der Waals surface area contributed by atoms with Crippen LogP contribution in [0.3, 0.4) is 0 Å². The first-order chi connectivity index (χ1) is 7.27. The van der Waals surface area contributed by atoms with Crippen LogP contribution in [0.25, 0.3) is 0 Å². The van der Waals surface area contributed by atoms with Crippen molar-refractivity contribution in [3.63, 3.8) is 0 Å². The van der Waals surface area contributed by atoms with Crippen LogP contribution in [0.5, 0.6) is 0 Å². The molecule has 0 aromatic rings. The summed E-state index contributed by atoms with van der Waals surface area (Å²) in [7, 11) is 0. The smallest absolute Gasteiger partial charge is 0.248 e. The van der Waals surface area contributed by atoms with Crippen LogP contribution in [0, 0.1) is 0 Å². The number of carbonyl (C=O) groups excluding carboxylic acids is 1. The van der Waals surface area contributed by atoms with Crippen LogP contribution in [-0.2, 0) is 9.53 Å². The van der Waals surface area contributed by atoms with Crippen molar-refractivity contribution in [1.29, 1.82) is 0 Å². The van der Waals surface area contributed by atoms with Gasteiger partial charge in [-0.15, -0.1) is 0 Å². The highest BCUT2D eigenvalue weighted by Crippen LogP contribution is 2.07. The molecule has 4 nitrogen and oxygen atoms in total. The van der Waals surface area contributed by atoms with Gasteiger partial charge in [-0.2, -0.15) is 0 Å². The molecule has 15 heavy (non-hydrogen) atoms. The first-order valence-electron chi connectivity index (χ1n) is 5.88.